The standard InChI is InChI=1S/C12H10BrN3O3/c1-16-5-10(14-6-16)11(17)15-9-4-7(13)2-3-8(9)12(18)19/h2-6H,1H3,(H,15,17)(H,18,19). The first-order valence-electron chi connectivity index (χ1n) is 5.29. The van der Waals surface area contributed by atoms with Crippen LogP contribution < -0.4 is 5.32 Å². The highest BCUT2D eigenvalue weighted by Gasteiger charge is 2.15. The lowest BCUT2D eigenvalue weighted by Gasteiger charge is -2.07. The van der Waals surface area contributed by atoms with Gasteiger partial charge in [0.1, 0.15) is 5.69 Å². The van der Waals surface area contributed by atoms with Crippen LogP contribution in [0.15, 0.2) is 35.2 Å². The van der Waals surface area contributed by atoms with E-state index in [9.17, 15) is 9.59 Å². The molecule has 0 unspecified atom stereocenters. The van der Waals surface area contributed by atoms with Crippen LogP contribution in [0.2, 0.25) is 0 Å². The Labute approximate surface area is 117 Å². The molecule has 1 amide bonds. The molecule has 2 aromatic rings. The summed E-state index contributed by atoms with van der Waals surface area (Å²) in [6.07, 6.45) is 3.04. The average Bonchev–Trinajstić information content (AvgIpc) is 2.75. The van der Waals surface area contributed by atoms with Crippen molar-refractivity contribution >= 4 is 33.5 Å². The van der Waals surface area contributed by atoms with E-state index in [0.29, 0.717) is 4.47 Å². The lowest BCUT2D eigenvalue weighted by Crippen LogP contribution is -2.15. The van der Waals surface area contributed by atoms with Crippen molar-refractivity contribution < 1.29 is 14.7 Å². The number of carboxylic acids is 1. The summed E-state index contributed by atoms with van der Waals surface area (Å²) in [5.41, 5.74) is 0.462. The number of halogens is 1. The topological polar surface area (TPSA) is 84.2 Å². The maximum atomic E-state index is 11.9. The van der Waals surface area contributed by atoms with E-state index in [2.05, 4.69) is 26.2 Å². The van der Waals surface area contributed by atoms with Gasteiger partial charge in [0.25, 0.3) is 5.91 Å². The third-order valence-corrected chi connectivity index (χ3v) is 2.89. The SMILES string of the molecule is Cn1cnc(C(=O)Nc2cc(Br)ccc2C(=O)O)c1. The van der Waals surface area contributed by atoms with E-state index in [1.165, 1.54) is 18.5 Å². The fourth-order valence-corrected chi connectivity index (χ4v) is 1.88. The van der Waals surface area contributed by atoms with Gasteiger partial charge in [0, 0.05) is 17.7 Å². The maximum Gasteiger partial charge on any atom is 0.337 e. The Morgan fingerprint density at radius 2 is 2.16 bits per heavy atom. The molecule has 0 aliphatic carbocycles. The first kappa shape index (κ1) is 13.3. The third-order valence-electron chi connectivity index (χ3n) is 2.40. The molecule has 1 heterocycles. The van der Waals surface area contributed by atoms with Crippen LogP contribution in [-0.2, 0) is 7.05 Å². The molecule has 19 heavy (non-hydrogen) atoms. The van der Waals surface area contributed by atoms with Gasteiger partial charge in [0.05, 0.1) is 17.6 Å². The summed E-state index contributed by atoms with van der Waals surface area (Å²) in [6.45, 7) is 0. The molecular weight excluding hydrogens is 314 g/mol. The third kappa shape index (κ3) is 3.00. The van der Waals surface area contributed by atoms with Crippen LogP contribution in [0, 0.1) is 0 Å². The molecule has 2 N–H and O–H groups in total. The number of aryl methyl sites for hydroxylation is 1. The van der Waals surface area contributed by atoms with E-state index in [1.54, 1.807) is 23.9 Å². The van der Waals surface area contributed by atoms with Gasteiger partial charge in [-0.3, -0.25) is 4.79 Å². The zero-order chi connectivity index (χ0) is 14.0. The number of nitrogens with one attached hydrogen (secondary N) is 1. The van der Waals surface area contributed by atoms with Crippen molar-refractivity contribution in [2.75, 3.05) is 5.32 Å². The fraction of sp³-hybridized carbons (Fsp3) is 0.0833. The van der Waals surface area contributed by atoms with Crippen LogP contribution in [0.1, 0.15) is 20.8 Å². The zero-order valence-corrected chi connectivity index (χ0v) is 11.5. The zero-order valence-electron chi connectivity index (χ0n) is 9.92. The Kier molecular flexibility index (Phi) is 3.66. The molecule has 0 bridgehead atoms. The van der Waals surface area contributed by atoms with Gasteiger partial charge in [-0.25, -0.2) is 9.78 Å². The number of benzene rings is 1. The fourth-order valence-electron chi connectivity index (χ4n) is 1.52. The highest BCUT2D eigenvalue weighted by molar-refractivity contribution is 9.10. The number of aromatic carboxylic acids is 1. The average molecular weight is 324 g/mol. The molecule has 7 heteroatoms. The number of carboxylic acid groups (broad SMARTS) is 1. The summed E-state index contributed by atoms with van der Waals surface area (Å²) in [4.78, 5) is 26.9. The molecule has 2 rings (SSSR count). The van der Waals surface area contributed by atoms with Crippen LogP contribution in [0.4, 0.5) is 5.69 Å². The highest BCUT2D eigenvalue weighted by Crippen LogP contribution is 2.22. The minimum absolute atomic E-state index is 0.0208. The second-order valence-electron chi connectivity index (χ2n) is 3.87. The van der Waals surface area contributed by atoms with Gasteiger partial charge in [0.2, 0.25) is 0 Å². The Morgan fingerprint density at radius 3 is 2.74 bits per heavy atom. The summed E-state index contributed by atoms with van der Waals surface area (Å²) in [6, 6.07) is 4.55. The molecule has 1 aromatic carbocycles. The van der Waals surface area contributed by atoms with E-state index in [-0.39, 0.29) is 16.9 Å². The number of nitrogens with zero attached hydrogens (tertiary/aromatic N) is 2. The quantitative estimate of drug-likeness (QED) is 0.906. The van der Waals surface area contributed by atoms with Gasteiger partial charge >= 0.3 is 5.97 Å². The van der Waals surface area contributed by atoms with E-state index in [0.717, 1.165) is 0 Å². The number of amides is 1. The number of imidazole rings is 1. The Morgan fingerprint density at radius 1 is 1.42 bits per heavy atom. The summed E-state index contributed by atoms with van der Waals surface area (Å²) in [7, 11) is 1.74. The summed E-state index contributed by atoms with van der Waals surface area (Å²) in [5.74, 6) is -1.56. The van der Waals surface area contributed by atoms with Crippen molar-refractivity contribution in [3.8, 4) is 0 Å². The normalized spacial score (nSPS) is 10.2. The number of carbonyl (C=O) groups is 2. The number of carbonyl (C=O) groups excluding carboxylic acids is 1. The van der Waals surface area contributed by atoms with Gasteiger partial charge in [-0.1, -0.05) is 15.9 Å². The first-order chi connectivity index (χ1) is 8.97. The molecule has 1 aromatic heterocycles. The predicted octanol–water partition coefficient (Wildman–Crippen LogP) is 2.13. The number of aromatic nitrogens is 2. The number of hydrogen-bond acceptors (Lipinski definition) is 3. The molecule has 0 aliphatic rings. The van der Waals surface area contributed by atoms with Crippen molar-refractivity contribution in [2.24, 2.45) is 7.05 Å². The maximum absolute atomic E-state index is 11.9. The van der Waals surface area contributed by atoms with Gasteiger partial charge in [-0.2, -0.15) is 0 Å². The molecule has 98 valence electrons. The molecule has 0 spiro atoms. The van der Waals surface area contributed by atoms with Gasteiger partial charge in [-0.05, 0) is 18.2 Å². The second-order valence-corrected chi connectivity index (χ2v) is 4.79. The van der Waals surface area contributed by atoms with Crippen molar-refractivity contribution in [2.45, 2.75) is 0 Å². The Hall–Kier alpha value is -2.15. The van der Waals surface area contributed by atoms with Gasteiger partial charge in [-0.15, -0.1) is 0 Å². The smallest absolute Gasteiger partial charge is 0.337 e. The van der Waals surface area contributed by atoms with Crippen molar-refractivity contribution in [1.29, 1.82) is 0 Å². The predicted molar refractivity (Wildman–Crippen MR) is 72.3 cm³/mol. The number of anilines is 1. The second kappa shape index (κ2) is 5.23. The largest absolute Gasteiger partial charge is 0.478 e. The van der Waals surface area contributed by atoms with Crippen LogP contribution in [-0.4, -0.2) is 26.5 Å². The Balaban J connectivity index is 2.30. The summed E-state index contributed by atoms with van der Waals surface area (Å²) < 4.78 is 2.31. The van der Waals surface area contributed by atoms with Crippen molar-refractivity contribution in [3.63, 3.8) is 0 Å². The van der Waals surface area contributed by atoms with Crippen LogP contribution in [0.25, 0.3) is 0 Å². The van der Waals surface area contributed by atoms with Crippen molar-refractivity contribution in [1.82, 2.24) is 9.55 Å². The van der Waals surface area contributed by atoms with E-state index < -0.39 is 11.9 Å². The van der Waals surface area contributed by atoms with E-state index >= 15 is 0 Å². The lowest BCUT2D eigenvalue weighted by molar-refractivity contribution is 0.0698. The van der Waals surface area contributed by atoms with Crippen LogP contribution in [0.3, 0.4) is 0 Å². The molecule has 0 fully saturated rings. The van der Waals surface area contributed by atoms with Crippen LogP contribution in [0.5, 0.6) is 0 Å². The molecule has 6 nitrogen and oxygen atoms in total. The summed E-state index contributed by atoms with van der Waals surface area (Å²) in [5, 5.41) is 11.6. The van der Waals surface area contributed by atoms with E-state index in [4.69, 9.17) is 5.11 Å². The molecule has 0 saturated heterocycles. The van der Waals surface area contributed by atoms with Crippen molar-refractivity contribution in [3.05, 3.63) is 46.5 Å². The highest BCUT2D eigenvalue weighted by atomic mass is 79.9. The Bertz CT molecular complexity index is 651. The first-order valence-corrected chi connectivity index (χ1v) is 6.09. The van der Waals surface area contributed by atoms with E-state index in [1.807, 2.05) is 0 Å². The molecule has 0 radical (unpaired) electrons. The van der Waals surface area contributed by atoms with Gasteiger partial charge in [0.15, 0.2) is 0 Å². The van der Waals surface area contributed by atoms with Gasteiger partial charge < -0.3 is 15.0 Å². The molecule has 0 aliphatic heterocycles. The molecular formula is C12H10BrN3O3. The minimum atomic E-state index is -1.11. The number of rotatable bonds is 3. The monoisotopic (exact) mass is 323 g/mol. The summed E-state index contributed by atoms with van der Waals surface area (Å²) >= 11 is 3.23. The minimum Gasteiger partial charge on any atom is -0.478 e. The molecule has 0 saturated carbocycles. The van der Waals surface area contributed by atoms with Crippen LogP contribution >= 0.6 is 15.9 Å². The molecule has 0 atom stereocenters. The lowest BCUT2D eigenvalue weighted by atomic mass is 10.2. The number of hydrogen-bond donors (Lipinski definition) is 2.